The molecule has 1 aromatic carbocycles. The molecule has 0 aliphatic rings. The van der Waals surface area contributed by atoms with Crippen molar-refractivity contribution in [2.75, 3.05) is 7.11 Å². The first kappa shape index (κ1) is 13.1. The summed E-state index contributed by atoms with van der Waals surface area (Å²) >= 11 is 17.0. The number of phosphoric acid groups is 1. The molecule has 0 bridgehead atoms. The van der Waals surface area contributed by atoms with Gasteiger partial charge in [0.15, 0.2) is 5.75 Å². The maximum atomic E-state index is 11.1. The van der Waals surface area contributed by atoms with Gasteiger partial charge in [-0.3, -0.25) is 9.42 Å². The topological polar surface area (TPSA) is 55.8 Å². The van der Waals surface area contributed by atoms with E-state index in [1.807, 2.05) is 0 Å². The van der Waals surface area contributed by atoms with Crippen molar-refractivity contribution in [2.45, 2.75) is 0 Å². The Morgan fingerprint density at radius 2 is 1.73 bits per heavy atom. The molecule has 0 aliphatic carbocycles. The maximum absolute atomic E-state index is 11.1. The molecular formula is C7H6Cl3O4P. The van der Waals surface area contributed by atoms with E-state index in [1.54, 1.807) is 0 Å². The zero-order valence-electron chi connectivity index (χ0n) is 7.41. The largest absolute Gasteiger partial charge is 0.527 e. The molecule has 1 rings (SSSR count). The average Bonchev–Trinajstić information content (AvgIpc) is 2.14. The summed E-state index contributed by atoms with van der Waals surface area (Å²) in [6.45, 7) is 0. The Morgan fingerprint density at radius 3 is 2.27 bits per heavy atom. The second-order valence-electron chi connectivity index (χ2n) is 2.44. The van der Waals surface area contributed by atoms with E-state index in [0.29, 0.717) is 0 Å². The first-order valence-corrected chi connectivity index (χ1v) is 6.21. The molecule has 15 heavy (non-hydrogen) atoms. The third-order valence-electron chi connectivity index (χ3n) is 1.42. The highest BCUT2D eigenvalue weighted by Gasteiger charge is 2.22. The van der Waals surface area contributed by atoms with Crippen molar-refractivity contribution < 1.29 is 18.5 Å². The van der Waals surface area contributed by atoms with Gasteiger partial charge in [-0.25, -0.2) is 4.57 Å². The molecule has 0 saturated carbocycles. The lowest BCUT2D eigenvalue weighted by Gasteiger charge is -2.12. The van der Waals surface area contributed by atoms with Crippen LogP contribution in [0.5, 0.6) is 5.75 Å². The van der Waals surface area contributed by atoms with Crippen molar-refractivity contribution in [1.29, 1.82) is 0 Å². The summed E-state index contributed by atoms with van der Waals surface area (Å²) in [5.41, 5.74) is 0. The summed E-state index contributed by atoms with van der Waals surface area (Å²) < 4.78 is 19.9. The highest BCUT2D eigenvalue weighted by molar-refractivity contribution is 7.47. The van der Waals surface area contributed by atoms with E-state index in [4.69, 9.17) is 39.7 Å². The summed E-state index contributed by atoms with van der Waals surface area (Å²) in [6, 6.07) is 2.53. The van der Waals surface area contributed by atoms with Crippen LogP contribution in [-0.2, 0) is 9.09 Å². The van der Waals surface area contributed by atoms with Gasteiger partial charge < -0.3 is 4.52 Å². The normalized spacial score (nSPS) is 14.7. The minimum Gasteiger partial charge on any atom is -0.402 e. The summed E-state index contributed by atoms with van der Waals surface area (Å²) in [5, 5.41) is 0.446. The molecule has 8 heteroatoms. The van der Waals surface area contributed by atoms with Crippen molar-refractivity contribution in [1.82, 2.24) is 0 Å². The van der Waals surface area contributed by atoms with Crippen LogP contribution in [0.4, 0.5) is 0 Å². The van der Waals surface area contributed by atoms with Gasteiger partial charge >= 0.3 is 7.82 Å². The second kappa shape index (κ2) is 4.91. The van der Waals surface area contributed by atoms with Gasteiger partial charge in [-0.1, -0.05) is 34.8 Å². The van der Waals surface area contributed by atoms with Gasteiger partial charge in [0.25, 0.3) is 0 Å². The molecule has 1 aromatic rings. The summed E-state index contributed by atoms with van der Waals surface area (Å²) in [5.74, 6) is -0.0706. The number of benzene rings is 1. The van der Waals surface area contributed by atoms with Crippen LogP contribution in [0.3, 0.4) is 0 Å². The van der Waals surface area contributed by atoms with Crippen molar-refractivity contribution in [3.63, 3.8) is 0 Å². The third-order valence-corrected chi connectivity index (χ3v) is 3.33. The summed E-state index contributed by atoms with van der Waals surface area (Å²) in [4.78, 5) is 9.04. The molecule has 1 unspecified atom stereocenters. The van der Waals surface area contributed by atoms with Crippen LogP contribution >= 0.6 is 42.6 Å². The zero-order chi connectivity index (χ0) is 11.6. The van der Waals surface area contributed by atoms with Gasteiger partial charge in [0.1, 0.15) is 0 Å². The molecule has 1 atom stereocenters. The van der Waals surface area contributed by atoms with Crippen molar-refractivity contribution in [3.8, 4) is 5.75 Å². The van der Waals surface area contributed by atoms with Gasteiger partial charge in [0.05, 0.1) is 15.1 Å². The van der Waals surface area contributed by atoms with Crippen LogP contribution in [0.2, 0.25) is 15.1 Å². The van der Waals surface area contributed by atoms with Crippen molar-refractivity contribution in [2.24, 2.45) is 0 Å². The van der Waals surface area contributed by atoms with E-state index in [2.05, 4.69) is 9.05 Å². The van der Waals surface area contributed by atoms with Crippen LogP contribution in [0.1, 0.15) is 0 Å². The molecule has 0 fully saturated rings. The van der Waals surface area contributed by atoms with Crippen LogP contribution in [0.15, 0.2) is 12.1 Å². The van der Waals surface area contributed by atoms with Crippen molar-refractivity contribution >= 4 is 42.6 Å². The number of hydrogen-bond donors (Lipinski definition) is 1. The van der Waals surface area contributed by atoms with E-state index in [-0.39, 0.29) is 20.8 Å². The minimum absolute atomic E-state index is 0.0655. The molecular weight excluding hydrogens is 285 g/mol. The van der Waals surface area contributed by atoms with Gasteiger partial charge in [-0.05, 0) is 6.07 Å². The average molecular weight is 291 g/mol. The Labute approximate surface area is 101 Å². The lowest BCUT2D eigenvalue weighted by atomic mass is 10.3. The lowest BCUT2D eigenvalue weighted by molar-refractivity contribution is 0.243. The highest BCUT2D eigenvalue weighted by atomic mass is 35.5. The number of hydrogen-bond acceptors (Lipinski definition) is 3. The highest BCUT2D eigenvalue weighted by Crippen LogP contribution is 2.46. The smallest absolute Gasteiger partial charge is 0.402 e. The van der Waals surface area contributed by atoms with E-state index >= 15 is 0 Å². The molecule has 0 saturated heterocycles. The van der Waals surface area contributed by atoms with E-state index < -0.39 is 7.82 Å². The quantitative estimate of drug-likeness (QED) is 0.680. The Kier molecular flexibility index (Phi) is 4.29. The SMILES string of the molecule is COP(=O)(O)Oc1cc(Cl)c(Cl)cc1Cl. The standard InChI is InChI=1S/C7H6Cl3O4P/c1-13-15(11,12)14-7-3-5(9)4(8)2-6(7)10/h2-3H,1H3,(H,11,12). The monoisotopic (exact) mass is 290 g/mol. The molecule has 0 spiro atoms. The van der Waals surface area contributed by atoms with Crippen LogP contribution in [0.25, 0.3) is 0 Å². The Balaban J connectivity index is 3.06. The van der Waals surface area contributed by atoms with Gasteiger partial charge in [-0.2, -0.15) is 0 Å². The first-order chi connectivity index (χ1) is 6.85. The summed E-state index contributed by atoms with van der Waals surface area (Å²) in [6.07, 6.45) is 0. The minimum atomic E-state index is -4.14. The first-order valence-electron chi connectivity index (χ1n) is 3.58. The Hall–Kier alpha value is 0.0400. The number of rotatable bonds is 3. The predicted molar refractivity (Wildman–Crippen MR) is 58.9 cm³/mol. The van der Waals surface area contributed by atoms with Gasteiger partial charge in [-0.15, -0.1) is 0 Å². The van der Waals surface area contributed by atoms with Crippen molar-refractivity contribution in [3.05, 3.63) is 27.2 Å². The Morgan fingerprint density at radius 1 is 1.20 bits per heavy atom. The molecule has 84 valence electrons. The molecule has 4 nitrogen and oxygen atoms in total. The summed E-state index contributed by atoms with van der Waals surface area (Å²) in [7, 11) is -3.11. The molecule has 0 aromatic heterocycles. The van der Waals surface area contributed by atoms with Gasteiger partial charge in [0.2, 0.25) is 0 Å². The zero-order valence-corrected chi connectivity index (χ0v) is 10.6. The predicted octanol–water partition coefficient (Wildman–Crippen LogP) is 3.77. The lowest BCUT2D eigenvalue weighted by Crippen LogP contribution is -1.94. The Bertz CT molecular complexity index is 423. The van der Waals surface area contributed by atoms with Crippen LogP contribution < -0.4 is 4.52 Å². The molecule has 0 amide bonds. The van der Waals surface area contributed by atoms with Crippen LogP contribution in [-0.4, -0.2) is 12.0 Å². The molecule has 1 N–H and O–H groups in total. The number of halogens is 3. The third kappa shape index (κ3) is 3.52. The van der Waals surface area contributed by atoms with E-state index in [9.17, 15) is 4.57 Å². The van der Waals surface area contributed by atoms with E-state index in [0.717, 1.165) is 7.11 Å². The van der Waals surface area contributed by atoms with Crippen LogP contribution in [0, 0.1) is 0 Å². The second-order valence-corrected chi connectivity index (χ2v) is 5.15. The number of phosphoric ester groups is 1. The molecule has 0 radical (unpaired) electrons. The fraction of sp³-hybridized carbons (Fsp3) is 0.143. The fourth-order valence-corrected chi connectivity index (χ4v) is 1.84. The maximum Gasteiger partial charge on any atom is 0.527 e. The fourth-order valence-electron chi connectivity index (χ4n) is 0.736. The molecule has 0 aliphatic heterocycles. The molecule has 0 heterocycles. The van der Waals surface area contributed by atoms with E-state index in [1.165, 1.54) is 12.1 Å². The van der Waals surface area contributed by atoms with Gasteiger partial charge in [0, 0.05) is 13.2 Å².